The minimum absolute atomic E-state index is 0.0833. The molecule has 52 nitrogen and oxygen atoms in total. The summed E-state index contributed by atoms with van der Waals surface area (Å²) >= 11 is 47.0. The Morgan fingerprint density at radius 3 is 1.50 bits per heavy atom. The van der Waals surface area contributed by atoms with Crippen LogP contribution < -0.4 is 31.9 Å². The van der Waals surface area contributed by atoms with Crippen molar-refractivity contribution < 1.29 is 44.5 Å². The largest absolute Gasteiger partial charge is 0.381 e. The molecule has 13 heterocycles. The molecule has 1 unspecified atom stereocenters. The third kappa shape index (κ3) is 43.1. The number of hydrazone groups is 5. The van der Waals surface area contributed by atoms with Crippen LogP contribution in [0.3, 0.4) is 0 Å². The van der Waals surface area contributed by atoms with Crippen molar-refractivity contribution in [3.05, 3.63) is 257 Å². The number of halogens is 7. The number of hydrogen-bond donors (Lipinski definition) is 6. The van der Waals surface area contributed by atoms with E-state index in [9.17, 15) is 70.8 Å². The summed E-state index contributed by atoms with van der Waals surface area (Å²) in [5, 5.41) is 113. The zero-order valence-corrected chi connectivity index (χ0v) is 80.8. The second-order valence-electron chi connectivity index (χ2n) is 26.9. The predicted octanol–water partition coefficient (Wildman–Crippen LogP) is 8.62. The maximum atomic E-state index is 10.6. The highest BCUT2D eigenvalue weighted by atomic mass is 35.5. The van der Waals surface area contributed by atoms with Crippen molar-refractivity contribution in [3.63, 3.8) is 0 Å². The van der Waals surface area contributed by atoms with Crippen molar-refractivity contribution in [2.45, 2.75) is 52.2 Å². The van der Waals surface area contributed by atoms with Crippen LogP contribution in [0.1, 0.15) is 43.3 Å². The first-order valence-corrected chi connectivity index (χ1v) is 45.3. The molecule has 0 aromatic carbocycles. The highest BCUT2D eigenvalue weighted by Crippen LogP contribution is 2.30. The number of rotatable bonds is 23. The van der Waals surface area contributed by atoms with Crippen molar-refractivity contribution in [1.82, 2.24) is 111 Å². The van der Waals surface area contributed by atoms with Gasteiger partial charge in [0.15, 0.2) is 49.6 Å². The molecule has 7 aromatic heterocycles. The van der Waals surface area contributed by atoms with E-state index in [1.54, 1.807) is 138 Å². The number of thiazole rings is 3. The van der Waals surface area contributed by atoms with Gasteiger partial charge in [0.25, 0.3) is 42.2 Å². The minimum atomic E-state index is -0.779. The smallest absolute Gasteiger partial charge is 0.277 e. The number of thioether (sulfide) groups is 2. The maximum absolute atomic E-state index is 10.6. The lowest BCUT2D eigenvalue weighted by Crippen LogP contribution is -2.57. The number of ether oxygens (including phenoxy) is 2. The van der Waals surface area contributed by atoms with Gasteiger partial charge in [-0.3, -0.25) is 25.1 Å². The molecule has 0 saturated carbocycles. The summed E-state index contributed by atoms with van der Waals surface area (Å²) in [5.41, 5.74) is 3.57. The molecule has 64 heteroatoms. The number of nitrogens with one attached hydrogen (secondary N) is 6. The summed E-state index contributed by atoms with van der Waals surface area (Å²) in [5.74, 6) is 3.86. The summed E-state index contributed by atoms with van der Waals surface area (Å²) in [6.07, 6.45) is 16.4. The second kappa shape index (κ2) is 58.9. The molecule has 0 spiro atoms. The van der Waals surface area contributed by atoms with Gasteiger partial charge in [-0.1, -0.05) is 117 Å². The number of aliphatic imine (C=N–C) groups is 1. The average molecular weight is 2090 g/mol. The van der Waals surface area contributed by atoms with Crippen LogP contribution in [0.4, 0.5) is 0 Å². The van der Waals surface area contributed by atoms with E-state index < -0.39 is 35.0 Å². The molecule has 13 rings (SSSR count). The molecule has 0 bridgehead atoms. The van der Waals surface area contributed by atoms with Gasteiger partial charge in [-0.15, -0.1) is 50.8 Å². The van der Waals surface area contributed by atoms with Crippen LogP contribution in [0.15, 0.2) is 146 Å². The molecular formula is C69H87Cl7N36O16S5. The summed E-state index contributed by atoms with van der Waals surface area (Å²) in [7, 11) is 11.8. The molecule has 6 saturated heterocycles. The van der Waals surface area contributed by atoms with Gasteiger partial charge >= 0.3 is 0 Å². The Kier molecular flexibility index (Phi) is 48.6. The Hall–Kier alpha value is -11.9. The standard InChI is InChI=1S/C10H12ClN5O3.C10H10ClN3O2S.C10H19N5O3.C9H12ClN5O2.C8H10ClN5O2.C8H9ClN4O2S.C8H7ClN4S2.C6H8ClN5O2S/c1-14-6-19-7-15(10(14)13-16(17)18)5-8-2-3-9(11)12-4-8;11-9-2-1-8(5-12-9)6-13-3-4-17-10(13)7-14(15)16;1-12-7-13(2)10(11-15(16)17)14(8-12)5-9-3-4-18-6-9;1-11-9(13-15(16)17)14(2)6-7-3-4-8(10)12-5-7;1-10-8(13-14(15)16)12-5-6-2-3-7(9)11-4-6;9-8-11-3-6(16-8)4-12-2-1-10-7(12)5-13(14)15;9-7-11-3-6(15-7)4-13-1-2-14-8(13)12-5-10;1-8-6(11-12(13)14)10-3-4-2-9-5(7)15-4/h2-4H,5-7H2,1H3;1-2,5,7H,3-4,6H2;9H,3-8H2,1-2H3;3-5H,6H2,1-2H3,(H,11,13);2-4H,5H2,1H3,(H2,10,12,13);3,5,10H,1-2,4H2;3H,1-2,4H2;2H,3H2,1H3,(H2,8,10,11)/b13-10+;10-7-;11-10+;;;7-5+;;. The van der Waals surface area contributed by atoms with Crippen LogP contribution in [0.25, 0.3) is 0 Å². The molecule has 133 heavy (non-hydrogen) atoms. The van der Waals surface area contributed by atoms with Crippen molar-refractivity contribution in [1.29, 1.82) is 5.26 Å². The number of guanidine groups is 5. The molecule has 1 atom stereocenters. The minimum Gasteiger partial charge on any atom is -0.381 e. The Balaban J connectivity index is 0.000000234. The molecule has 0 amide bonds. The lowest BCUT2D eigenvalue weighted by molar-refractivity contribution is -0.486. The first kappa shape index (κ1) is 110. The Labute approximate surface area is 813 Å². The van der Waals surface area contributed by atoms with Crippen LogP contribution in [0.5, 0.6) is 0 Å². The van der Waals surface area contributed by atoms with Crippen LogP contribution >= 0.6 is 139 Å². The van der Waals surface area contributed by atoms with Crippen LogP contribution in [0.2, 0.25) is 34.0 Å². The fourth-order valence-corrected chi connectivity index (χ4v) is 16.8. The highest BCUT2D eigenvalue weighted by Gasteiger charge is 2.32. The number of amidine groups is 1. The van der Waals surface area contributed by atoms with Gasteiger partial charge in [0.2, 0.25) is 6.19 Å². The topological polar surface area (TPSA) is 610 Å². The lowest BCUT2D eigenvalue weighted by atomic mass is 10.1. The van der Waals surface area contributed by atoms with Crippen molar-refractivity contribution in [2.75, 3.05) is 134 Å². The van der Waals surface area contributed by atoms with E-state index in [1.807, 2.05) is 41.1 Å². The Morgan fingerprint density at radius 1 is 0.541 bits per heavy atom. The van der Waals surface area contributed by atoms with E-state index in [2.05, 4.69) is 107 Å². The van der Waals surface area contributed by atoms with Gasteiger partial charge in [0, 0.05) is 183 Å². The number of aromatic nitrogens is 7. The summed E-state index contributed by atoms with van der Waals surface area (Å²) in [4.78, 5) is 122. The Bertz CT molecular complexity index is 5230. The zero-order chi connectivity index (χ0) is 97.5. The highest BCUT2D eigenvalue weighted by molar-refractivity contribution is 8.14. The van der Waals surface area contributed by atoms with Gasteiger partial charge in [-0.05, 0) is 60.0 Å². The van der Waals surface area contributed by atoms with E-state index >= 15 is 0 Å². The van der Waals surface area contributed by atoms with Crippen LogP contribution in [-0.2, 0) is 55.3 Å². The molecule has 718 valence electrons. The van der Waals surface area contributed by atoms with Gasteiger partial charge in [0.1, 0.15) is 64.6 Å². The molecule has 0 radical (unpaired) electrons. The second-order valence-corrected chi connectivity index (χ2v) is 35.7. The summed E-state index contributed by atoms with van der Waals surface area (Å²) < 4.78 is 12.1. The molecular weight excluding hydrogens is 2000 g/mol. The van der Waals surface area contributed by atoms with E-state index in [0.717, 1.165) is 118 Å². The van der Waals surface area contributed by atoms with Gasteiger partial charge < -0.3 is 80.6 Å². The number of hydrogen-bond acceptors (Lipinski definition) is 34. The van der Waals surface area contributed by atoms with Crippen molar-refractivity contribution >= 4 is 174 Å². The lowest BCUT2D eigenvalue weighted by Gasteiger charge is -2.40. The number of nitro groups is 7. The fraction of sp³-hybridized carbons (Fsp3) is 0.420. The first-order chi connectivity index (χ1) is 63.5. The number of pyridine rings is 4. The van der Waals surface area contributed by atoms with E-state index in [4.69, 9.17) is 95.9 Å². The monoisotopic (exact) mass is 2080 g/mol. The van der Waals surface area contributed by atoms with E-state index in [0.29, 0.717) is 116 Å². The van der Waals surface area contributed by atoms with E-state index in [-0.39, 0.29) is 37.3 Å². The average Bonchev–Trinajstić information content (AvgIpc) is 1.41. The molecule has 7 aromatic rings. The molecule has 0 aliphatic carbocycles. The number of nitrogens with zero attached hydrogens (tertiary/aromatic N) is 30. The summed E-state index contributed by atoms with van der Waals surface area (Å²) in [6, 6.07) is 13.9. The quantitative estimate of drug-likeness (QED) is 0.00871. The third-order valence-electron chi connectivity index (χ3n) is 17.0. The third-order valence-corrected chi connectivity index (χ3v) is 23.2. The zero-order valence-electron chi connectivity index (χ0n) is 71.4. The van der Waals surface area contributed by atoms with Gasteiger partial charge in [-0.25, -0.2) is 85.5 Å². The van der Waals surface area contributed by atoms with Crippen LogP contribution in [-0.4, -0.2) is 283 Å². The van der Waals surface area contributed by atoms with Crippen LogP contribution in [0, 0.1) is 88.2 Å². The number of nitriles is 1. The van der Waals surface area contributed by atoms with E-state index in [1.165, 1.54) is 59.9 Å². The molecule has 6 N–H and O–H groups in total. The van der Waals surface area contributed by atoms with Crippen molar-refractivity contribution in [2.24, 2.45) is 36.4 Å². The predicted molar refractivity (Wildman–Crippen MR) is 505 cm³/mol. The SMILES string of the molecule is CN/C(=N\[N+](=O)[O-])N(C)Cc1ccc(Cl)nc1.CN/C(=N\[N+](=O)[O-])NCc1ccc(Cl)nc1.CN/C(=N\[N+](=O)[O-])NCc1cnc(Cl)s1.CN1CN(C)/C(=N\[N+](=O)[O-])N(CC2CCOC2)C1.CN1COCN(Cc2ccc(Cl)nc2)/C1=N/[N+](=O)[O-].N#CN=C1SCCN1Cc1cnc(Cl)s1.O=[N+]([O-])/C=C1\NCCN1Cc1cnc(Cl)s1.O=[N+]([O-])/C=C1\SCCN1Cc1ccc(Cl)nc1. The van der Waals surface area contributed by atoms with Gasteiger partial charge in [-0.2, -0.15) is 5.26 Å². The van der Waals surface area contributed by atoms with Gasteiger partial charge in [0.05, 0.1) is 49.4 Å². The Morgan fingerprint density at radius 2 is 1.03 bits per heavy atom. The molecule has 6 aliphatic heterocycles. The summed E-state index contributed by atoms with van der Waals surface area (Å²) in [6.45, 7) is 10.8. The molecule has 6 fully saturated rings. The normalized spacial score (nSPS) is 16.8. The molecule has 6 aliphatic rings. The van der Waals surface area contributed by atoms with Crippen molar-refractivity contribution in [3.8, 4) is 6.19 Å². The maximum Gasteiger partial charge on any atom is 0.277 e. The first-order valence-electron chi connectivity index (χ1n) is 38.2. The fourth-order valence-electron chi connectivity index (χ4n) is 11.4.